The Labute approximate surface area is 117 Å². The molecule has 1 aromatic heterocycles. The van der Waals surface area contributed by atoms with Crippen molar-refractivity contribution in [2.45, 2.75) is 26.3 Å². The number of nitrogens with one attached hydrogen (secondary N) is 2. The van der Waals surface area contributed by atoms with Crippen LogP contribution in [-0.4, -0.2) is 16.9 Å². The molecular formula is C16H18N2O2. The van der Waals surface area contributed by atoms with Crippen molar-refractivity contribution in [2.75, 3.05) is 0 Å². The minimum Gasteiger partial charge on any atom is -0.364 e. The maximum atomic E-state index is 12.0. The molecule has 2 aromatic rings. The van der Waals surface area contributed by atoms with Crippen LogP contribution in [0.2, 0.25) is 0 Å². The van der Waals surface area contributed by atoms with E-state index in [2.05, 4.69) is 10.3 Å². The van der Waals surface area contributed by atoms with E-state index in [0.29, 0.717) is 0 Å². The third-order valence-electron chi connectivity index (χ3n) is 3.06. The number of pyridine rings is 1. The van der Waals surface area contributed by atoms with Gasteiger partial charge in [-0.25, -0.2) is 0 Å². The minimum absolute atomic E-state index is 0.0365. The molecule has 0 spiro atoms. The quantitative estimate of drug-likeness (QED) is 0.893. The lowest BCUT2D eigenvalue weighted by Crippen LogP contribution is -2.36. The van der Waals surface area contributed by atoms with Crippen LogP contribution in [0.3, 0.4) is 0 Å². The number of hydrogen-bond donors (Lipinski definition) is 2. The molecule has 0 aliphatic heterocycles. The molecule has 20 heavy (non-hydrogen) atoms. The summed E-state index contributed by atoms with van der Waals surface area (Å²) in [5, 5.41) is 2.85. The normalized spacial score (nSPS) is 11.9. The number of hydrogen-bond acceptors (Lipinski definition) is 2. The smallest absolute Gasteiger partial charge is 0.256 e. The van der Waals surface area contributed by atoms with Crippen molar-refractivity contribution in [3.05, 3.63) is 69.6 Å². The third kappa shape index (κ3) is 3.57. The Morgan fingerprint density at radius 3 is 2.65 bits per heavy atom. The van der Waals surface area contributed by atoms with Crippen molar-refractivity contribution in [1.29, 1.82) is 0 Å². The lowest BCUT2D eigenvalue weighted by Gasteiger charge is -2.13. The molecule has 1 unspecified atom stereocenters. The van der Waals surface area contributed by atoms with Gasteiger partial charge in [-0.3, -0.25) is 9.59 Å². The highest BCUT2D eigenvalue weighted by Crippen LogP contribution is 2.03. The SMILES string of the molecule is Cc1cc(=O)c(C(=O)NC(C)Cc2ccccc2)c[nH]1. The Bertz CT molecular complexity index is 647. The maximum Gasteiger partial charge on any atom is 0.256 e. The number of benzene rings is 1. The molecule has 1 heterocycles. The first kappa shape index (κ1) is 14.1. The van der Waals surface area contributed by atoms with Gasteiger partial charge >= 0.3 is 0 Å². The fraction of sp³-hybridized carbons (Fsp3) is 0.250. The van der Waals surface area contributed by atoms with E-state index in [-0.39, 0.29) is 22.9 Å². The Kier molecular flexibility index (Phi) is 4.35. The van der Waals surface area contributed by atoms with E-state index >= 15 is 0 Å². The van der Waals surface area contributed by atoms with E-state index in [0.717, 1.165) is 17.7 Å². The van der Waals surface area contributed by atoms with Crippen LogP contribution < -0.4 is 10.7 Å². The molecule has 0 fully saturated rings. The predicted octanol–water partition coefficient (Wildman–Crippen LogP) is 2.04. The number of carbonyl (C=O) groups is 1. The van der Waals surface area contributed by atoms with Crippen molar-refractivity contribution in [1.82, 2.24) is 10.3 Å². The van der Waals surface area contributed by atoms with E-state index in [1.165, 1.54) is 12.3 Å². The standard InChI is InChI=1S/C16H18N2O2/c1-11-9-15(19)14(10-17-11)16(20)18-12(2)8-13-6-4-3-5-7-13/h3-7,9-10,12H,8H2,1-2H3,(H,17,19)(H,18,20). The number of carbonyl (C=O) groups excluding carboxylic acids is 1. The summed E-state index contributed by atoms with van der Waals surface area (Å²) in [5.41, 5.74) is 1.78. The first-order valence-corrected chi connectivity index (χ1v) is 6.60. The average Bonchev–Trinajstić information content (AvgIpc) is 2.39. The highest BCUT2D eigenvalue weighted by molar-refractivity contribution is 5.93. The van der Waals surface area contributed by atoms with Gasteiger partial charge in [0.1, 0.15) is 5.56 Å². The van der Waals surface area contributed by atoms with Gasteiger partial charge in [-0.15, -0.1) is 0 Å². The monoisotopic (exact) mass is 270 g/mol. The molecular weight excluding hydrogens is 252 g/mol. The summed E-state index contributed by atoms with van der Waals surface area (Å²) in [6.07, 6.45) is 2.19. The van der Waals surface area contributed by atoms with Crippen molar-refractivity contribution < 1.29 is 4.79 Å². The van der Waals surface area contributed by atoms with Gasteiger partial charge in [0.2, 0.25) is 0 Å². The Morgan fingerprint density at radius 2 is 2.00 bits per heavy atom. The summed E-state index contributed by atoms with van der Waals surface area (Å²) in [6, 6.07) is 11.3. The second-order valence-electron chi connectivity index (χ2n) is 4.96. The summed E-state index contributed by atoms with van der Waals surface area (Å²) in [7, 11) is 0. The summed E-state index contributed by atoms with van der Waals surface area (Å²) >= 11 is 0. The average molecular weight is 270 g/mol. The van der Waals surface area contributed by atoms with E-state index in [1.54, 1.807) is 6.92 Å². The minimum atomic E-state index is -0.338. The molecule has 0 saturated heterocycles. The van der Waals surface area contributed by atoms with Gasteiger partial charge in [0, 0.05) is 24.0 Å². The molecule has 1 amide bonds. The Hall–Kier alpha value is -2.36. The molecule has 0 aliphatic rings. The molecule has 1 aromatic carbocycles. The fourth-order valence-electron chi connectivity index (χ4n) is 2.07. The predicted molar refractivity (Wildman–Crippen MR) is 78.9 cm³/mol. The lowest BCUT2D eigenvalue weighted by molar-refractivity contribution is 0.0938. The highest BCUT2D eigenvalue weighted by Gasteiger charge is 2.13. The molecule has 2 rings (SSSR count). The molecule has 104 valence electrons. The number of H-pyrrole nitrogens is 1. The van der Waals surface area contributed by atoms with Gasteiger partial charge in [-0.2, -0.15) is 0 Å². The van der Waals surface area contributed by atoms with Crippen LogP contribution in [0.15, 0.2) is 47.4 Å². The fourth-order valence-corrected chi connectivity index (χ4v) is 2.07. The molecule has 0 saturated carbocycles. The van der Waals surface area contributed by atoms with Crippen molar-refractivity contribution in [3.8, 4) is 0 Å². The molecule has 0 aliphatic carbocycles. The molecule has 2 N–H and O–H groups in total. The van der Waals surface area contributed by atoms with Crippen molar-refractivity contribution in [3.63, 3.8) is 0 Å². The summed E-state index contributed by atoms with van der Waals surface area (Å²) in [5.74, 6) is -0.338. The third-order valence-corrected chi connectivity index (χ3v) is 3.06. The van der Waals surface area contributed by atoms with Crippen LogP contribution in [0.5, 0.6) is 0 Å². The van der Waals surface area contributed by atoms with Gasteiger partial charge < -0.3 is 10.3 Å². The Morgan fingerprint density at radius 1 is 1.30 bits per heavy atom. The number of amides is 1. The first-order valence-electron chi connectivity index (χ1n) is 6.60. The number of rotatable bonds is 4. The van der Waals surface area contributed by atoms with Crippen molar-refractivity contribution >= 4 is 5.91 Å². The summed E-state index contributed by atoms with van der Waals surface area (Å²) in [4.78, 5) is 26.7. The van der Waals surface area contributed by atoms with Crippen LogP contribution >= 0.6 is 0 Å². The topological polar surface area (TPSA) is 62.0 Å². The zero-order valence-corrected chi connectivity index (χ0v) is 11.6. The number of aryl methyl sites for hydroxylation is 1. The van der Waals surface area contributed by atoms with Crippen LogP contribution in [0.1, 0.15) is 28.5 Å². The summed E-state index contributed by atoms with van der Waals surface area (Å²) < 4.78 is 0. The van der Waals surface area contributed by atoms with E-state index < -0.39 is 0 Å². The maximum absolute atomic E-state index is 12.0. The second kappa shape index (κ2) is 6.19. The van der Waals surface area contributed by atoms with Crippen LogP contribution in [-0.2, 0) is 6.42 Å². The van der Waals surface area contributed by atoms with Crippen LogP contribution in [0.25, 0.3) is 0 Å². The van der Waals surface area contributed by atoms with Crippen molar-refractivity contribution in [2.24, 2.45) is 0 Å². The largest absolute Gasteiger partial charge is 0.364 e. The molecule has 0 radical (unpaired) electrons. The second-order valence-corrected chi connectivity index (χ2v) is 4.96. The number of aromatic amines is 1. The van der Waals surface area contributed by atoms with E-state index in [1.807, 2.05) is 37.3 Å². The first-order chi connectivity index (χ1) is 9.56. The molecule has 0 bridgehead atoms. The van der Waals surface area contributed by atoms with Gasteiger partial charge in [-0.05, 0) is 25.8 Å². The zero-order chi connectivity index (χ0) is 14.5. The van der Waals surface area contributed by atoms with E-state index in [9.17, 15) is 9.59 Å². The van der Waals surface area contributed by atoms with Crippen LogP contribution in [0, 0.1) is 6.92 Å². The Balaban J connectivity index is 2.02. The number of aromatic nitrogens is 1. The van der Waals surface area contributed by atoms with Gasteiger partial charge in [0.05, 0.1) is 0 Å². The molecule has 4 nitrogen and oxygen atoms in total. The highest BCUT2D eigenvalue weighted by atomic mass is 16.2. The van der Waals surface area contributed by atoms with Gasteiger partial charge in [0.15, 0.2) is 5.43 Å². The zero-order valence-electron chi connectivity index (χ0n) is 11.6. The van der Waals surface area contributed by atoms with E-state index in [4.69, 9.17) is 0 Å². The lowest BCUT2D eigenvalue weighted by atomic mass is 10.1. The van der Waals surface area contributed by atoms with Gasteiger partial charge in [-0.1, -0.05) is 30.3 Å². The molecule has 1 atom stereocenters. The van der Waals surface area contributed by atoms with Crippen LogP contribution in [0.4, 0.5) is 0 Å². The molecule has 4 heteroatoms. The summed E-state index contributed by atoms with van der Waals surface area (Å²) in [6.45, 7) is 3.70. The van der Waals surface area contributed by atoms with Gasteiger partial charge in [0.25, 0.3) is 5.91 Å².